The van der Waals surface area contributed by atoms with Gasteiger partial charge in [0.15, 0.2) is 0 Å². The van der Waals surface area contributed by atoms with Crippen molar-refractivity contribution in [3.8, 4) is 16.9 Å². The summed E-state index contributed by atoms with van der Waals surface area (Å²) >= 11 is 0. The van der Waals surface area contributed by atoms with Crippen LogP contribution >= 0.6 is 0 Å². The third-order valence-electron chi connectivity index (χ3n) is 3.71. The van der Waals surface area contributed by atoms with E-state index in [0.717, 1.165) is 44.0 Å². The van der Waals surface area contributed by atoms with E-state index < -0.39 is 6.61 Å². The molecule has 0 unspecified atom stereocenters. The van der Waals surface area contributed by atoms with Gasteiger partial charge in [-0.15, -0.1) is 0 Å². The van der Waals surface area contributed by atoms with Crippen LogP contribution in [0.5, 0.6) is 5.75 Å². The second-order valence-electron chi connectivity index (χ2n) is 5.38. The van der Waals surface area contributed by atoms with Crippen LogP contribution in [0.25, 0.3) is 11.1 Å². The maximum Gasteiger partial charge on any atom is 0.387 e. The second-order valence-corrected chi connectivity index (χ2v) is 5.38. The minimum Gasteiger partial charge on any atom is -0.433 e. The van der Waals surface area contributed by atoms with Crippen LogP contribution in [0.1, 0.15) is 5.56 Å². The summed E-state index contributed by atoms with van der Waals surface area (Å²) in [6.45, 7) is 1.36. The summed E-state index contributed by atoms with van der Waals surface area (Å²) in [6.07, 6.45) is 2.93. The third kappa shape index (κ3) is 4.46. The van der Waals surface area contributed by atoms with Gasteiger partial charge in [0.1, 0.15) is 5.75 Å². The molecule has 0 atom stereocenters. The Bertz CT molecular complexity index is 646. The number of hydrogen-bond acceptors (Lipinski definition) is 4. The van der Waals surface area contributed by atoms with Crippen LogP contribution in [0.2, 0.25) is 0 Å². The Hall–Kier alpha value is -2.05. The fraction of sp³-hybridized carbons (Fsp3) is 0.353. The van der Waals surface area contributed by atoms with Gasteiger partial charge < -0.3 is 9.47 Å². The maximum atomic E-state index is 12.3. The molecule has 23 heavy (non-hydrogen) atoms. The van der Waals surface area contributed by atoms with Crippen molar-refractivity contribution >= 4 is 0 Å². The Morgan fingerprint density at radius 1 is 1.13 bits per heavy atom. The van der Waals surface area contributed by atoms with Crippen LogP contribution in [0.15, 0.2) is 42.7 Å². The molecule has 1 aliphatic rings. The van der Waals surface area contributed by atoms with Crippen LogP contribution < -0.4 is 4.74 Å². The van der Waals surface area contributed by atoms with Crippen LogP contribution in [-0.2, 0) is 11.3 Å². The first-order chi connectivity index (χ1) is 11.2. The number of benzene rings is 1. The van der Waals surface area contributed by atoms with E-state index in [1.54, 1.807) is 12.3 Å². The zero-order chi connectivity index (χ0) is 16.1. The zero-order valence-corrected chi connectivity index (χ0v) is 12.6. The Morgan fingerprint density at radius 2 is 1.96 bits per heavy atom. The van der Waals surface area contributed by atoms with E-state index in [2.05, 4.69) is 26.8 Å². The highest BCUT2D eigenvalue weighted by Crippen LogP contribution is 2.24. The van der Waals surface area contributed by atoms with Gasteiger partial charge >= 0.3 is 6.61 Å². The van der Waals surface area contributed by atoms with Crippen molar-refractivity contribution in [1.82, 2.24) is 9.88 Å². The third-order valence-corrected chi connectivity index (χ3v) is 3.71. The number of hydrogen-bond donors (Lipinski definition) is 0. The maximum absolute atomic E-state index is 12.3. The first-order valence-corrected chi connectivity index (χ1v) is 7.50. The van der Waals surface area contributed by atoms with Crippen LogP contribution in [0, 0.1) is 0 Å². The number of morpholine rings is 1. The fourth-order valence-corrected chi connectivity index (χ4v) is 2.61. The quantitative estimate of drug-likeness (QED) is 0.847. The lowest BCUT2D eigenvalue weighted by molar-refractivity contribution is -0.0500. The molecule has 2 aromatic rings. The number of aromatic nitrogens is 1. The molecule has 0 amide bonds. The van der Waals surface area contributed by atoms with E-state index >= 15 is 0 Å². The number of halogens is 2. The number of rotatable bonds is 5. The van der Waals surface area contributed by atoms with Crippen molar-refractivity contribution in [1.29, 1.82) is 0 Å². The molecule has 6 heteroatoms. The average molecular weight is 320 g/mol. The summed E-state index contributed by atoms with van der Waals surface area (Å²) in [6, 6.07) is 9.59. The van der Waals surface area contributed by atoms with Crippen LogP contribution in [0.3, 0.4) is 0 Å². The Kier molecular flexibility index (Phi) is 5.15. The van der Waals surface area contributed by atoms with Gasteiger partial charge in [-0.05, 0) is 23.3 Å². The van der Waals surface area contributed by atoms with Crippen molar-refractivity contribution in [3.05, 3.63) is 48.3 Å². The molecule has 1 saturated heterocycles. The molecule has 122 valence electrons. The molecule has 0 N–H and O–H groups in total. The Morgan fingerprint density at radius 3 is 2.74 bits per heavy atom. The van der Waals surface area contributed by atoms with Gasteiger partial charge in [0.2, 0.25) is 0 Å². The van der Waals surface area contributed by atoms with Crippen molar-refractivity contribution in [2.75, 3.05) is 26.3 Å². The van der Waals surface area contributed by atoms with Crippen LogP contribution in [0.4, 0.5) is 8.78 Å². The molecule has 1 aromatic carbocycles. The van der Waals surface area contributed by atoms with Gasteiger partial charge in [0.25, 0.3) is 0 Å². The highest BCUT2D eigenvalue weighted by molar-refractivity contribution is 5.64. The molecule has 0 aliphatic carbocycles. The van der Waals surface area contributed by atoms with Crippen LogP contribution in [-0.4, -0.2) is 42.8 Å². The van der Waals surface area contributed by atoms with Gasteiger partial charge in [0, 0.05) is 31.4 Å². The number of ether oxygens (including phenoxy) is 2. The summed E-state index contributed by atoms with van der Waals surface area (Å²) in [7, 11) is 0. The largest absolute Gasteiger partial charge is 0.433 e. The summed E-state index contributed by atoms with van der Waals surface area (Å²) in [5.41, 5.74) is 2.86. The van der Waals surface area contributed by atoms with E-state index in [1.807, 2.05) is 12.1 Å². The minimum absolute atomic E-state index is 0.0658. The van der Waals surface area contributed by atoms with E-state index in [1.165, 1.54) is 11.8 Å². The van der Waals surface area contributed by atoms with Crippen molar-refractivity contribution in [2.24, 2.45) is 0 Å². The lowest BCUT2D eigenvalue weighted by Gasteiger charge is -2.26. The summed E-state index contributed by atoms with van der Waals surface area (Å²) in [4.78, 5) is 6.30. The number of nitrogens with zero attached hydrogens (tertiary/aromatic N) is 2. The predicted molar refractivity (Wildman–Crippen MR) is 82.4 cm³/mol. The highest BCUT2D eigenvalue weighted by Gasteiger charge is 2.11. The van der Waals surface area contributed by atoms with Crippen molar-refractivity contribution < 1.29 is 18.3 Å². The summed E-state index contributed by atoms with van der Waals surface area (Å²) in [5.74, 6) is 0.0658. The molecule has 0 radical (unpaired) electrons. The molecule has 0 spiro atoms. The Balaban J connectivity index is 1.76. The van der Waals surface area contributed by atoms with Gasteiger partial charge in [-0.2, -0.15) is 8.78 Å². The molecule has 0 bridgehead atoms. The molecule has 4 nitrogen and oxygen atoms in total. The van der Waals surface area contributed by atoms with Gasteiger partial charge in [-0.3, -0.25) is 9.88 Å². The van der Waals surface area contributed by atoms with Crippen molar-refractivity contribution in [3.63, 3.8) is 0 Å². The molecule has 1 aliphatic heterocycles. The summed E-state index contributed by atoms with van der Waals surface area (Å²) in [5, 5.41) is 0. The van der Waals surface area contributed by atoms with Gasteiger partial charge in [0.05, 0.1) is 19.4 Å². The first-order valence-electron chi connectivity index (χ1n) is 7.50. The summed E-state index contributed by atoms with van der Waals surface area (Å²) < 4.78 is 34.4. The molecule has 1 aromatic heterocycles. The average Bonchev–Trinajstić information content (AvgIpc) is 2.56. The molecule has 1 fully saturated rings. The molecular formula is C17H18F2N2O2. The van der Waals surface area contributed by atoms with E-state index in [0.29, 0.717) is 0 Å². The van der Waals surface area contributed by atoms with E-state index in [9.17, 15) is 8.78 Å². The standard InChI is InChI=1S/C17H18F2N2O2/c18-17(19)23-16-9-15(10-20-11-16)14-3-1-2-13(8-14)12-21-4-6-22-7-5-21/h1-3,8-11,17H,4-7,12H2. The topological polar surface area (TPSA) is 34.6 Å². The number of pyridine rings is 1. The Labute approximate surface area is 133 Å². The highest BCUT2D eigenvalue weighted by atomic mass is 19.3. The van der Waals surface area contributed by atoms with E-state index in [-0.39, 0.29) is 5.75 Å². The monoisotopic (exact) mass is 320 g/mol. The molecular weight excluding hydrogens is 302 g/mol. The smallest absolute Gasteiger partial charge is 0.387 e. The molecule has 3 rings (SSSR count). The predicted octanol–water partition coefficient (Wildman–Crippen LogP) is 3.18. The molecule has 2 heterocycles. The van der Waals surface area contributed by atoms with Crippen molar-refractivity contribution in [2.45, 2.75) is 13.2 Å². The zero-order valence-electron chi connectivity index (χ0n) is 12.6. The second kappa shape index (κ2) is 7.48. The lowest BCUT2D eigenvalue weighted by atomic mass is 10.0. The fourth-order valence-electron chi connectivity index (χ4n) is 2.61. The molecule has 0 saturated carbocycles. The lowest BCUT2D eigenvalue weighted by Crippen LogP contribution is -2.35. The van der Waals surface area contributed by atoms with Gasteiger partial charge in [-0.25, -0.2) is 0 Å². The van der Waals surface area contributed by atoms with E-state index in [4.69, 9.17) is 4.74 Å². The van der Waals surface area contributed by atoms with Gasteiger partial charge in [-0.1, -0.05) is 18.2 Å². The normalized spacial score (nSPS) is 15.8. The first kappa shape index (κ1) is 15.8. The SMILES string of the molecule is FC(F)Oc1cncc(-c2cccc(CN3CCOCC3)c2)c1. The minimum atomic E-state index is -2.85. The number of alkyl halides is 2.